The van der Waals surface area contributed by atoms with Gasteiger partial charge in [-0.25, -0.2) is 8.42 Å². The Bertz CT molecular complexity index is 1080. The fourth-order valence-electron chi connectivity index (χ4n) is 2.88. The Morgan fingerprint density at radius 3 is 2.32 bits per heavy atom. The summed E-state index contributed by atoms with van der Waals surface area (Å²) in [5, 5.41) is 5.00. The molecule has 1 amide bonds. The number of nitrogens with zero attached hydrogens (tertiary/aromatic N) is 1. The van der Waals surface area contributed by atoms with Crippen molar-refractivity contribution in [3.05, 3.63) is 72.3 Å². The van der Waals surface area contributed by atoms with Gasteiger partial charge >= 0.3 is 0 Å². The third-order valence-corrected chi connectivity index (χ3v) is 5.49. The fraction of sp³-hybridized carbons (Fsp3) is 0.190. The highest BCUT2D eigenvalue weighted by molar-refractivity contribution is 7.92. The van der Waals surface area contributed by atoms with Crippen LogP contribution >= 0.6 is 0 Å². The Kier molecular flexibility index (Phi) is 5.84. The monoisotopic (exact) mass is 398 g/mol. The van der Waals surface area contributed by atoms with Crippen LogP contribution in [0.4, 0.5) is 5.69 Å². The number of carbonyl (C=O) groups excluding carboxylic acids is 1. The van der Waals surface area contributed by atoms with Gasteiger partial charge in [0.2, 0.25) is 15.9 Å². The average Bonchev–Trinajstić information content (AvgIpc) is 2.69. The molecule has 0 radical (unpaired) electrons. The van der Waals surface area contributed by atoms with Gasteiger partial charge in [0.25, 0.3) is 0 Å². The van der Waals surface area contributed by atoms with E-state index in [2.05, 4.69) is 5.32 Å². The predicted molar refractivity (Wildman–Crippen MR) is 111 cm³/mol. The van der Waals surface area contributed by atoms with Crippen LogP contribution < -0.4 is 14.4 Å². The van der Waals surface area contributed by atoms with Gasteiger partial charge < -0.3 is 10.1 Å². The average molecular weight is 398 g/mol. The van der Waals surface area contributed by atoms with Crippen LogP contribution in [0.1, 0.15) is 5.56 Å². The van der Waals surface area contributed by atoms with Crippen molar-refractivity contribution in [2.45, 2.75) is 6.54 Å². The van der Waals surface area contributed by atoms with Gasteiger partial charge in [0.1, 0.15) is 12.3 Å². The maximum absolute atomic E-state index is 12.4. The van der Waals surface area contributed by atoms with Crippen LogP contribution in [0, 0.1) is 0 Å². The molecule has 0 fully saturated rings. The first kappa shape index (κ1) is 19.7. The highest BCUT2D eigenvalue weighted by Crippen LogP contribution is 2.21. The second-order valence-electron chi connectivity index (χ2n) is 6.43. The highest BCUT2D eigenvalue weighted by atomic mass is 32.2. The van der Waals surface area contributed by atoms with Crippen molar-refractivity contribution in [1.29, 1.82) is 0 Å². The molecule has 28 heavy (non-hydrogen) atoms. The number of fused-ring (bicyclic) bond motifs is 1. The molecule has 0 spiro atoms. The molecule has 146 valence electrons. The molecule has 0 saturated carbocycles. The van der Waals surface area contributed by atoms with Crippen LogP contribution in [0.5, 0.6) is 5.75 Å². The van der Waals surface area contributed by atoms with Gasteiger partial charge in [0.05, 0.1) is 19.1 Å². The number of sulfonamides is 1. The van der Waals surface area contributed by atoms with E-state index < -0.39 is 10.0 Å². The summed E-state index contributed by atoms with van der Waals surface area (Å²) in [6.07, 6.45) is 1.08. The second-order valence-corrected chi connectivity index (χ2v) is 8.33. The molecule has 3 rings (SSSR count). The molecule has 3 aromatic carbocycles. The van der Waals surface area contributed by atoms with Crippen molar-refractivity contribution in [3.8, 4) is 5.75 Å². The Morgan fingerprint density at radius 1 is 1.00 bits per heavy atom. The molecule has 3 aromatic rings. The molecule has 0 aliphatic heterocycles. The largest absolute Gasteiger partial charge is 0.497 e. The molecular weight excluding hydrogens is 376 g/mol. The van der Waals surface area contributed by atoms with Crippen molar-refractivity contribution in [2.24, 2.45) is 0 Å². The molecule has 1 N–H and O–H groups in total. The minimum absolute atomic E-state index is 0.293. The number of nitrogens with one attached hydrogen (secondary N) is 1. The molecule has 0 atom stereocenters. The molecule has 0 aromatic heterocycles. The number of benzene rings is 3. The zero-order valence-corrected chi connectivity index (χ0v) is 16.6. The van der Waals surface area contributed by atoms with E-state index in [9.17, 15) is 13.2 Å². The van der Waals surface area contributed by atoms with E-state index in [0.29, 0.717) is 18.0 Å². The van der Waals surface area contributed by atoms with Gasteiger partial charge in [-0.1, -0.05) is 36.4 Å². The Hall–Kier alpha value is -3.06. The van der Waals surface area contributed by atoms with Gasteiger partial charge in [-0.15, -0.1) is 0 Å². The third-order valence-electron chi connectivity index (χ3n) is 4.35. The molecule has 7 heteroatoms. The van der Waals surface area contributed by atoms with Gasteiger partial charge in [-0.2, -0.15) is 0 Å². The van der Waals surface area contributed by atoms with Crippen LogP contribution in [0.2, 0.25) is 0 Å². The molecule has 6 nitrogen and oxygen atoms in total. The van der Waals surface area contributed by atoms with Crippen LogP contribution in [0.25, 0.3) is 10.8 Å². The van der Waals surface area contributed by atoms with Crippen molar-refractivity contribution in [1.82, 2.24) is 5.32 Å². The fourth-order valence-corrected chi connectivity index (χ4v) is 3.74. The van der Waals surface area contributed by atoms with Gasteiger partial charge in [0, 0.05) is 6.54 Å². The van der Waals surface area contributed by atoms with Gasteiger partial charge in [0.15, 0.2) is 0 Å². The standard InChI is InChI=1S/C21H22N2O4S/c1-27-20-11-9-19(10-12-20)23(28(2,25)26)15-21(24)22-14-16-7-8-17-5-3-4-6-18(17)13-16/h3-13H,14-15H2,1-2H3,(H,22,24). The van der Waals surface area contributed by atoms with E-state index in [1.807, 2.05) is 42.5 Å². The lowest BCUT2D eigenvalue weighted by Gasteiger charge is -2.22. The van der Waals surface area contributed by atoms with Crippen LogP contribution in [-0.2, 0) is 21.4 Å². The predicted octanol–water partition coefficient (Wildman–Crippen LogP) is 2.93. The van der Waals surface area contributed by atoms with Crippen molar-refractivity contribution >= 4 is 32.4 Å². The second kappa shape index (κ2) is 8.31. The van der Waals surface area contributed by atoms with Crippen molar-refractivity contribution in [3.63, 3.8) is 0 Å². The number of amides is 1. The molecular formula is C21H22N2O4S. The quantitative estimate of drug-likeness (QED) is 0.664. The summed E-state index contributed by atoms with van der Waals surface area (Å²) < 4.78 is 30.5. The van der Waals surface area contributed by atoms with Gasteiger partial charge in [-0.3, -0.25) is 9.10 Å². The lowest BCUT2D eigenvalue weighted by atomic mass is 10.1. The normalized spacial score (nSPS) is 11.2. The summed E-state index contributed by atoms with van der Waals surface area (Å²) in [5.74, 6) is 0.229. The number of methoxy groups -OCH3 is 1. The summed E-state index contributed by atoms with van der Waals surface area (Å²) in [6.45, 7) is 0.0304. The first-order chi connectivity index (χ1) is 13.4. The SMILES string of the molecule is COc1ccc(N(CC(=O)NCc2ccc3ccccc3c2)S(C)(=O)=O)cc1. The van der Waals surface area contributed by atoms with E-state index in [-0.39, 0.29) is 12.5 Å². The first-order valence-corrected chi connectivity index (χ1v) is 10.6. The summed E-state index contributed by atoms with van der Waals surface area (Å²) in [7, 11) is -2.08. The molecule has 0 saturated heterocycles. The number of carbonyl (C=O) groups is 1. The molecule has 0 aliphatic carbocycles. The molecule has 0 aliphatic rings. The number of rotatable bonds is 7. The summed E-state index contributed by atoms with van der Waals surface area (Å²) >= 11 is 0. The maximum atomic E-state index is 12.4. The zero-order valence-electron chi connectivity index (χ0n) is 15.8. The number of anilines is 1. The minimum Gasteiger partial charge on any atom is -0.497 e. The smallest absolute Gasteiger partial charge is 0.241 e. The van der Waals surface area contributed by atoms with Gasteiger partial charge in [-0.05, 0) is 46.7 Å². The molecule has 0 heterocycles. The van der Waals surface area contributed by atoms with Crippen molar-refractivity contribution in [2.75, 3.05) is 24.2 Å². The summed E-state index contributed by atoms with van der Waals surface area (Å²) in [5.41, 5.74) is 1.35. The Labute approximate surface area is 164 Å². The molecule has 0 unspecified atom stereocenters. The van der Waals surface area contributed by atoms with E-state index in [0.717, 1.165) is 26.9 Å². The molecule has 0 bridgehead atoms. The number of ether oxygens (including phenoxy) is 1. The van der Waals surface area contributed by atoms with Crippen LogP contribution in [-0.4, -0.2) is 34.2 Å². The minimum atomic E-state index is -3.61. The number of hydrogen-bond donors (Lipinski definition) is 1. The van der Waals surface area contributed by atoms with E-state index >= 15 is 0 Å². The zero-order chi connectivity index (χ0) is 20.1. The topological polar surface area (TPSA) is 75.7 Å². The van der Waals surface area contributed by atoms with E-state index in [1.165, 1.54) is 7.11 Å². The van der Waals surface area contributed by atoms with E-state index in [4.69, 9.17) is 4.74 Å². The van der Waals surface area contributed by atoms with Crippen LogP contribution in [0.15, 0.2) is 66.7 Å². The maximum Gasteiger partial charge on any atom is 0.241 e. The lowest BCUT2D eigenvalue weighted by Crippen LogP contribution is -2.40. The first-order valence-electron chi connectivity index (χ1n) is 8.73. The lowest BCUT2D eigenvalue weighted by molar-refractivity contribution is -0.119. The third kappa shape index (κ3) is 4.80. The van der Waals surface area contributed by atoms with E-state index in [1.54, 1.807) is 24.3 Å². The van der Waals surface area contributed by atoms with Crippen molar-refractivity contribution < 1.29 is 17.9 Å². The highest BCUT2D eigenvalue weighted by Gasteiger charge is 2.20. The summed E-state index contributed by atoms with van der Waals surface area (Å²) in [4.78, 5) is 12.4. The Morgan fingerprint density at radius 2 is 1.68 bits per heavy atom. The number of hydrogen-bond acceptors (Lipinski definition) is 4. The summed E-state index contributed by atoms with van der Waals surface area (Å²) in [6, 6.07) is 20.4. The Balaban J connectivity index is 1.69. The van der Waals surface area contributed by atoms with Crippen LogP contribution in [0.3, 0.4) is 0 Å².